The molecule has 0 N–H and O–H groups in total. The maximum absolute atomic E-state index is 6.03. The first kappa shape index (κ1) is 46.4. The Morgan fingerprint density at radius 1 is 0.263 bits per heavy atom. The zero-order valence-corrected chi connectivity index (χ0v) is 42.2. The highest BCUT2D eigenvalue weighted by atomic mass is 16.5. The first-order chi connectivity index (χ1) is 37.4. The van der Waals surface area contributed by atoms with Gasteiger partial charge in [0.2, 0.25) is 0 Å². The van der Waals surface area contributed by atoms with E-state index in [0.717, 1.165) is 66.1 Å². The fraction of sp³-hybridized carbons (Fsp3) is 0.0833. The lowest BCUT2D eigenvalue weighted by atomic mass is 9.65. The number of hydrogen-bond donors (Lipinski definition) is 0. The Balaban J connectivity index is 1.10. The minimum atomic E-state index is -0.720. The molecular formula is C72H54O4. The van der Waals surface area contributed by atoms with E-state index in [2.05, 4.69) is 233 Å². The normalized spacial score (nSPS) is 13.4. The lowest BCUT2D eigenvalue weighted by Crippen LogP contribution is -2.30. The Labute approximate surface area is 443 Å². The zero-order valence-electron chi connectivity index (χ0n) is 42.2. The summed E-state index contributed by atoms with van der Waals surface area (Å²) in [5.41, 5.74) is 13.1. The SMILES string of the molecule is C=CCOc1ccc2cc(C3(c4ccc5cc(OCC=C)ccc5c4)c4ccccc4-c4cc5c(cc43)-c3ccccc3C5(c3ccc4cc(OCC=C)ccc4c3)c3ccc4cc(OCC=C)ccc4c3)ccc2c1. The van der Waals surface area contributed by atoms with E-state index < -0.39 is 10.8 Å². The topological polar surface area (TPSA) is 36.9 Å². The minimum Gasteiger partial charge on any atom is -0.490 e. The monoisotopic (exact) mass is 982 g/mol. The van der Waals surface area contributed by atoms with E-state index in [9.17, 15) is 0 Å². The van der Waals surface area contributed by atoms with Gasteiger partial charge in [-0.25, -0.2) is 0 Å². The van der Waals surface area contributed by atoms with Gasteiger partial charge in [-0.1, -0.05) is 172 Å². The molecule has 0 aliphatic heterocycles. The van der Waals surface area contributed by atoms with Crippen LogP contribution in [0.2, 0.25) is 0 Å². The van der Waals surface area contributed by atoms with Crippen molar-refractivity contribution in [1.29, 1.82) is 0 Å². The van der Waals surface area contributed by atoms with Crippen molar-refractivity contribution in [1.82, 2.24) is 0 Å². The van der Waals surface area contributed by atoms with Crippen molar-refractivity contribution in [3.05, 3.63) is 301 Å². The average molecular weight is 983 g/mol. The van der Waals surface area contributed by atoms with E-state index >= 15 is 0 Å². The van der Waals surface area contributed by atoms with Crippen LogP contribution in [0.5, 0.6) is 23.0 Å². The molecule has 366 valence electrons. The smallest absolute Gasteiger partial charge is 0.120 e. The molecule has 11 aromatic rings. The van der Waals surface area contributed by atoms with Crippen LogP contribution >= 0.6 is 0 Å². The Morgan fingerprint density at radius 2 is 0.526 bits per heavy atom. The molecule has 0 atom stereocenters. The lowest BCUT2D eigenvalue weighted by Gasteiger charge is -2.36. The van der Waals surface area contributed by atoms with Crippen molar-refractivity contribution < 1.29 is 18.9 Å². The maximum Gasteiger partial charge on any atom is 0.120 e. The molecule has 2 aliphatic rings. The molecule has 11 aromatic carbocycles. The number of ether oxygens (including phenoxy) is 4. The highest BCUT2D eigenvalue weighted by Crippen LogP contribution is 2.63. The highest BCUT2D eigenvalue weighted by molar-refractivity contribution is 5.98. The summed E-state index contributed by atoms with van der Waals surface area (Å²) in [5, 5.41) is 8.97. The van der Waals surface area contributed by atoms with Gasteiger partial charge in [0.1, 0.15) is 49.4 Å². The third-order valence-electron chi connectivity index (χ3n) is 15.7. The molecule has 0 saturated carbocycles. The van der Waals surface area contributed by atoms with Crippen molar-refractivity contribution in [2.75, 3.05) is 26.4 Å². The summed E-state index contributed by atoms with van der Waals surface area (Å²) in [4.78, 5) is 0. The third-order valence-corrected chi connectivity index (χ3v) is 15.7. The van der Waals surface area contributed by atoms with E-state index in [1.165, 1.54) is 66.8 Å². The summed E-state index contributed by atoms with van der Waals surface area (Å²) >= 11 is 0. The molecule has 0 amide bonds. The number of hydrogen-bond acceptors (Lipinski definition) is 4. The van der Waals surface area contributed by atoms with Gasteiger partial charge in [-0.2, -0.15) is 0 Å². The van der Waals surface area contributed by atoms with Crippen molar-refractivity contribution >= 4 is 43.1 Å². The molecule has 0 heterocycles. The van der Waals surface area contributed by atoms with E-state index in [4.69, 9.17) is 18.9 Å². The molecule has 0 radical (unpaired) electrons. The van der Waals surface area contributed by atoms with Gasteiger partial charge >= 0.3 is 0 Å². The Morgan fingerprint density at radius 3 is 0.816 bits per heavy atom. The molecule has 0 saturated heterocycles. The molecule has 0 spiro atoms. The highest BCUT2D eigenvalue weighted by Gasteiger charge is 2.51. The number of benzene rings is 11. The predicted octanol–water partition coefficient (Wildman–Crippen LogP) is 17.3. The summed E-state index contributed by atoms with van der Waals surface area (Å²) in [7, 11) is 0. The molecule has 4 heteroatoms. The Hall–Kier alpha value is -9.38. The lowest BCUT2D eigenvalue weighted by molar-refractivity contribution is 0.363. The van der Waals surface area contributed by atoms with Gasteiger partial charge in [-0.05, 0) is 195 Å². The molecular weight excluding hydrogens is 929 g/mol. The number of fused-ring (bicyclic) bond motifs is 10. The molecule has 0 fully saturated rings. The van der Waals surface area contributed by atoms with Gasteiger partial charge in [0.05, 0.1) is 10.8 Å². The van der Waals surface area contributed by atoms with Crippen molar-refractivity contribution in [2.24, 2.45) is 0 Å². The summed E-state index contributed by atoms with van der Waals surface area (Å²) in [6.45, 7) is 17.3. The van der Waals surface area contributed by atoms with Crippen LogP contribution in [0, 0.1) is 0 Å². The first-order valence-electron chi connectivity index (χ1n) is 26.0. The fourth-order valence-corrected chi connectivity index (χ4v) is 12.4. The molecule has 13 rings (SSSR count). The van der Waals surface area contributed by atoms with Gasteiger partial charge in [-0.3, -0.25) is 0 Å². The third kappa shape index (κ3) is 7.35. The Bertz CT molecular complexity index is 3720. The molecule has 0 bridgehead atoms. The molecule has 2 aliphatic carbocycles. The van der Waals surface area contributed by atoms with Crippen LogP contribution in [-0.2, 0) is 10.8 Å². The second-order valence-electron chi connectivity index (χ2n) is 19.8. The average Bonchev–Trinajstić information content (AvgIpc) is 4.16. The molecule has 0 unspecified atom stereocenters. The first-order valence-corrected chi connectivity index (χ1v) is 26.0. The van der Waals surface area contributed by atoms with Crippen LogP contribution in [0.3, 0.4) is 0 Å². The van der Waals surface area contributed by atoms with Crippen LogP contribution in [0.4, 0.5) is 0 Å². The number of rotatable bonds is 16. The van der Waals surface area contributed by atoms with Crippen LogP contribution in [0.25, 0.3) is 65.3 Å². The van der Waals surface area contributed by atoms with Crippen molar-refractivity contribution in [3.63, 3.8) is 0 Å². The molecule has 76 heavy (non-hydrogen) atoms. The fourth-order valence-electron chi connectivity index (χ4n) is 12.4. The quantitative estimate of drug-likeness (QED) is 0.0904. The summed E-state index contributed by atoms with van der Waals surface area (Å²) in [5.74, 6) is 3.27. The maximum atomic E-state index is 6.03. The Kier molecular flexibility index (Phi) is 11.5. The minimum absolute atomic E-state index is 0.444. The zero-order chi connectivity index (χ0) is 51.4. The van der Waals surface area contributed by atoms with Crippen LogP contribution in [0.1, 0.15) is 44.5 Å². The summed E-state index contributed by atoms with van der Waals surface area (Å²) < 4.78 is 24.1. The standard InChI is InChI=1S/C72H54O4/c1-5-33-73-59-29-21-47-37-55(25-17-51(47)41-59)71(56-26-18-52-42-60(74-34-6-2)30-22-48(52)38-56)67-15-11-9-13-63(67)65-46-70-66(45-69(65)71)64-14-10-12-16-68(64)72(70,57-27-19-53-43-61(75-35-7-3)31-23-49(53)39-57)58-28-20-54-44-62(76-36-8-4)32-24-50(54)40-58/h5-32,37-46H,1-4,33-36H2. The van der Waals surface area contributed by atoms with Crippen molar-refractivity contribution in [2.45, 2.75) is 10.8 Å². The van der Waals surface area contributed by atoms with Crippen molar-refractivity contribution in [3.8, 4) is 45.3 Å². The van der Waals surface area contributed by atoms with Gasteiger partial charge in [-0.15, -0.1) is 0 Å². The van der Waals surface area contributed by atoms with Crippen LogP contribution in [-0.4, -0.2) is 26.4 Å². The second kappa shape index (κ2) is 18.8. The summed E-state index contributed by atoms with van der Waals surface area (Å²) in [6, 6.07) is 76.7. The predicted molar refractivity (Wildman–Crippen MR) is 314 cm³/mol. The largest absolute Gasteiger partial charge is 0.490 e. The molecule has 4 nitrogen and oxygen atoms in total. The van der Waals surface area contributed by atoms with Gasteiger partial charge in [0.25, 0.3) is 0 Å². The summed E-state index contributed by atoms with van der Waals surface area (Å²) in [6.07, 6.45) is 7.12. The van der Waals surface area contributed by atoms with E-state index in [1.54, 1.807) is 24.3 Å². The van der Waals surface area contributed by atoms with Gasteiger partial charge in [0, 0.05) is 0 Å². The van der Waals surface area contributed by atoms with Crippen LogP contribution in [0.15, 0.2) is 257 Å². The van der Waals surface area contributed by atoms with Gasteiger partial charge < -0.3 is 18.9 Å². The van der Waals surface area contributed by atoms with Crippen LogP contribution < -0.4 is 18.9 Å². The van der Waals surface area contributed by atoms with E-state index in [0.29, 0.717) is 26.4 Å². The second-order valence-corrected chi connectivity index (χ2v) is 19.8. The van der Waals surface area contributed by atoms with Gasteiger partial charge in [0.15, 0.2) is 0 Å². The van der Waals surface area contributed by atoms with E-state index in [-0.39, 0.29) is 0 Å². The molecule has 0 aromatic heterocycles. The van der Waals surface area contributed by atoms with E-state index in [1.807, 2.05) is 0 Å².